The van der Waals surface area contributed by atoms with Crippen molar-refractivity contribution >= 4 is 11.8 Å². The number of amides is 2. The van der Waals surface area contributed by atoms with Crippen LogP contribution in [-0.2, 0) is 16.1 Å². The zero-order valence-corrected chi connectivity index (χ0v) is 10.9. The molecule has 0 spiro atoms. The Labute approximate surface area is 112 Å². The van der Waals surface area contributed by atoms with E-state index in [9.17, 15) is 9.59 Å². The third-order valence-electron chi connectivity index (χ3n) is 2.30. The number of hydrogen-bond donors (Lipinski definition) is 2. The summed E-state index contributed by atoms with van der Waals surface area (Å²) in [7, 11) is 1.60. The highest BCUT2D eigenvalue weighted by Crippen LogP contribution is 2.10. The lowest BCUT2D eigenvalue weighted by molar-refractivity contribution is -0.123. The van der Waals surface area contributed by atoms with Crippen LogP contribution in [0.4, 0.5) is 0 Å². The number of ether oxygens (including phenoxy) is 1. The molecule has 1 aromatic carbocycles. The smallest absolute Gasteiger partial charge is 0.296 e. The van der Waals surface area contributed by atoms with Crippen molar-refractivity contribution < 1.29 is 14.3 Å². The van der Waals surface area contributed by atoms with Crippen LogP contribution in [0.15, 0.2) is 24.3 Å². The maximum atomic E-state index is 11.4. The lowest BCUT2D eigenvalue weighted by Gasteiger charge is -2.06. The molecule has 0 aliphatic rings. The van der Waals surface area contributed by atoms with E-state index in [1.54, 1.807) is 14.0 Å². The van der Waals surface area contributed by atoms with Gasteiger partial charge in [-0.05, 0) is 30.5 Å². The maximum absolute atomic E-state index is 11.4. The molecule has 0 radical (unpaired) electrons. The van der Waals surface area contributed by atoms with Crippen molar-refractivity contribution in [2.45, 2.75) is 13.5 Å². The molecular formula is C14H16N2O3. The van der Waals surface area contributed by atoms with Gasteiger partial charge in [0.1, 0.15) is 5.75 Å². The monoisotopic (exact) mass is 260 g/mol. The van der Waals surface area contributed by atoms with Gasteiger partial charge in [-0.25, -0.2) is 0 Å². The molecule has 0 atom stereocenters. The minimum Gasteiger partial charge on any atom is -0.497 e. The van der Waals surface area contributed by atoms with Gasteiger partial charge in [0, 0.05) is 6.54 Å². The Balaban J connectivity index is 2.32. The quantitative estimate of drug-likeness (QED) is 0.755. The summed E-state index contributed by atoms with van der Waals surface area (Å²) in [5.41, 5.74) is 0.953. The number of hydrogen-bond acceptors (Lipinski definition) is 3. The second-order valence-corrected chi connectivity index (χ2v) is 3.68. The van der Waals surface area contributed by atoms with Gasteiger partial charge in [0.2, 0.25) is 5.91 Å². The molecule has 0 heterocycles. The Bertz CT molecular complexity index is 498. The van der Waals surface area contributed by atoms with Crippen LogP contribution in [0.25, 0.3) is 0 Å². The average Bonchev–Trinajstić information content (AvgIpc) is 2.44. The normalized spacial score (nSPS) is 8.95. The van der Waals surface area contributed by atoms with E-state index in [-0.39, 0.29) is 12.5 Å². The molecule has 0 bridgehead atoms. The molecule has 0 aliphatic heterocycles. The third kappa shape index (κ3) is 5.59. The Kier molecular flexibility index (Phi) is 5.96. The van der Waals surface area contributed by atoms with Crippen molar-refractivity contribution in [2.75, 3.05) is 13.7 Å². The summed E-state index contributed by atoms with van der Waals surface area (Å²) in [5.74, 6) is 4.79. The SMILES string of the molecule is CC#CC(=O)NCC(=O)NCc1ccc(OC)cc1. The van der Waals surface area contributed by atoms with Gasteiger partial charge in [0.25, 0.3) is 5.91 Å². The fourth-order valence-electron chi connectivity index (χ4n) is 1.32. The van der Waals surface area contributed by atoms with Crippen LogP contribution < -0.4 is 15.4 Å². The summed E-state index contributed by atoms with van der Waals surface area (Å²) >= 11 is 0. The Morgan fingerprint density at radius 3 is 2.47 bits per heavy atom. The first-order chi connectivity index (χ1) is 9.15. The number of carbonyl (C=O) groups is 2. The molecule has 0 aromatic heterocycles. The molecule has 100 valence electrons. The summed E-state index contributed by atoms with van der Waals surface area (Å²) in [6, 6.07) is 7.36. The molecule has 5 nitrogen and oxygen atoms in total. The van der Waals surface area contributed by atoms with E-state index in [0.29, 0.717) is 6.54 Å². The molecule has 19 heavy (non-hydrogen) atoms. The van der Waals surface area contributed by atoms with Gasteiger partial charge in [-0.2, -0.15) is 0 Å². The van der Waals surface area contributed by atoms with E-state index in [2.05, 4.69) is 22.5 Å². The first-order valence-corrected chi connectivity index (χ1v) is 5.76. The predicted molar refractivity (Wildman–Crippen MR) is 71.3 cm³/mol. The Morgan fingerprint density at radius 1 is 1.21 bits per heavy atom. The zero-order valence-electron chi connectivity index (χ0n) is 10.9. The molecule has 5 heteroatoms. The molecule has 0 aliphatic carbocycles. The number of carbonyl (C=O) groups excluding carboxylic acids is 2. The predicted octanol–water partition coefficient (Wildman–Crippen LogP) is 0.451. The average molecular weight is 260 g/mol. The van der Waals surface area contributed by atoms with Gasteiger partial charge >= 0.3 is 0 Å². The van der Waals surface area contributed by atoms with Crippen molar-refractivity contribution in [1.29, 1.82) is 0 Å². The number of methoxy groups -OCH3 is 1. The van der Waals surface area contributed by atoms with Crippen molar-refractivity contribution in [3.8, 4) is 17.6 Å². The number of nitrogens with one attached hydrogen (secondary N) is 2. The molecule has 0 saturated carbocycles. The Morgan fingerprint density at radius 2 is 1.89 bits per heavy atom. The summed E-state index contributed by atoms with van der Waals surface area (Å²) in [5, 5.41) is 5.08. The topological polar surface area (TPSA) is 67.4 Å². The van der Waals surface area contributed by atoms with E-state index >= 15 is 0 Å². The van der Waals surface area contributed by atoms with Crippen LogP contribution in [0.1, 0.15) is 12.5 Å². The van der Waals surface area contributed by atoms with Crippen LogP contribution in [0.5, 0.6) is 5.75 Å². The summed E-state index contributed by atoms with van der Waals surface area (Å²) in [4.78, 5) is 22.5. The fourth-order valence-corrected chi connectivity index (χ4v) is 1.32. The molecule has 2 amide bonds. The molecule has 2 N–H and O–H groups in total. The van der Waals surface area contributed by atoms with Gasteiger partial charge in [-0.1, -0.05) is 18.1 Å². The van der Waals surface area contributed by atoms with Gasteiger partial charge in [0.15, 0.2) is 0 Å². The van der Waals surface area contributed by atoms with Crippen molar-refractivity contribution in [3.05, 3.63) is 29.8 Å². The maximum Gasteiger partial charge on any atom is 0.296 e. The highest BCUT2D eigenvalue weighted by molar-refractivity contribution is 5.95. The second-order valence-electron chi connectivity index (χ2n) is 3.68. The van der Waals surface area contributed by atoms with Crippen LogP contribution in [0, 0.1) is 11.8 Å². The fraction of sp³-hybridized carbons (Fsp3) is 0.286. The molecule has 0 fully saturated rings. The summed E-state index contributed by atoms with van der Waals surface area (Å²) in [6.07, 6.45) is 0. The van der Waals surface area contributed by atoms with Gasteiger partial charge < -0.3 is 15.4 Å². The molecular weight excluding hydrogens is 244 g/mol. The van der Waals surface area contributed by atoms with E-state index in [1.165, 1.54) is 0 Å². The molecule has 1 rings (SSSR count). The standard InChI is InChI=1S/C14H16N2O3/c1-3-4-13(17)16-10-14(18)15-9-11-5-7-12(19-2)8-6-11/h5-8H,9-10H2,1-2H3,(H,15,18)(H,16,17). The highest BCUT2D eigenvalue weighted by atomic mass is 16.5. The first-order valence-electron chi connectivity index (χ1n) is 5.76. The van der Waals surface area contributed by atoms with E-state index in [4.69, 9.17) is 4.74 Å². The van der Waals surface area contributed by atoms with Crippen LogP contribution in [-0.4, -0.2) is 25.5 Å². The number of rotatable bonds is 5. The number of benzene rings is 1. The second kappa shape index (κ2) is 7.77. The Hall–Kier alpha value is -2.48. The third-order valence-corrected chi connectivity index (χ3v) is 2.30. The summed E-state index contributed by atoms with van der Waals surface area (Å²) < 4.78 is 5.03. The van der Waals surface area contributed by atoms with E-state index in [1.807, 2.05) is 24.3 Å². The van der Waals surface area contributed by atoms with E-state index < -0.39 is 5.91 Å². The summed E-state index contributed by atoms with van der Waals surface area (Å²) in [6.45, 7) is 1.88. The van der Waals surface area contributed by atoms with Crippen molar-refractivity contribution in [3.63, 3.8) is 0 Å². The lowest BCUT2D eigenvalue weighted by atomic mass is 10.2. The zero-order chi connectivity index (χ0) is 14.1. The minimum absolute atomic E-state index is 0.0797. The van der Waals surface area contributed by atoms with Crippen molar-refractivity contribution in [1.82, 2.24) is 10.6 Å². The molecule has 0 saturated heterocycles. The highest BCUT2D eigenvalue weighted by Gasteiger charge is 2.03. The van der Waals surface area contributed by atoms with Gasteiger partial charge in [0.05, 0.1) is 13.7 Å². The van der Waals surface area contributed by atoms with Crippen LogP contribution >= 0.6 is 0 Å². The minimum atomic E-state index is -0.456. The largest absolute Gasteiger partial charge is 0.497 e. The first kappa shape index (κ1) is 14.6. The van der Waals surface area contributed by atoms with Gasteiger partial charge in [-0.15, -0.1) is 0 Å². The lowest BCUT2D eigenvalue weighted by Crippen LogP contribution is -2.36. The van der Waals surface area contributed by atoms with Crippen LogP contribution in [0.3, 0.4) is 0 Å². The van der Waals surface area contributed by atoms with Gasteiger partial charge in [-0.3, -0.25) is 9.59 Å². The molecule has 0 unspecified atom stereocenters. The van der Waals surface area contributed by atoms with E-state index in [0.717, 1.165) is 11.3 Å². The van der Waals surface area contributed by atoms with Crippen molar-refractivity contribution in [2.24, 2.45) is 0 Å². The van der Waals surface area contributed by atoms with Crippen LogP contribution in [0.2, 0.25) is 0 Å². The molecule has 1 aromatic rings.